The second-order valence-electron chi connectivity index (χ2n) is 4.02. The summed E-state index contributed by atoms with van der Waals surface area (Å²) in [6.45, 7) is 4.02. The zero-order valence-electron chi connectivity index (χ0n) is 10.9. The molecule has 0 aliphatic rings. The number of nitrogens with one attached hydrogen (secondary N) is 2. The lowest BCUT2D eigenvalue weighted by Crippen LogP contribution is -2.14. The van der Waals surface area contributed by atoms with Crippen molar-refractivity contribution >= 4 is 28.1 Å². The van der Waals surface area contributed by atoms with Gasteiger partial charge in [-0.25, -0.2) is 0 Å². The van der Waals surface area contributed by atoms with Crippen LogP contribution in [0.1, 0.15) is 41.5 Å². The molecule has 102 valence electrons. The highest BCUT2D eigenvalue weighted by Crippen LogP contribution is 2.19. The number of carbonyl (C=O) groups excluding carboxylic acids is 1. The third kappa shape index (κ3) is 2.90. The number of anilines is 2. The lowest BCUT2D eigenvalue weighted by Gasteiger charge is -1.99. The Morgan fingerprint density at radius 3 is 2.84 bits per heavy atom. The van der Waals surface area contributed by atoms with Crippen molar-refractivity contribution in [2.75, 3.05) is 11.1 Å². The van der Waals surface area contributed by atoms with E-state index in [2.05, 4.69) is 25.7 Å². The molecule has 7 nitrogen and oxygen atoms in total. The monoisotopic (exact) mass is 280 g/mol. The van der Waals surface area contributed by atoms with Crippen LogP contribution in [0.15, 0.2) is 0 Å². The van der Waals surface area contributed by atoms with E-state index >= 15 is 0 Å². The highest BCUT2D eigenvalue weighted by atomic mass is 32.1. The van der Waals surface area contributed by atoms with E-state index in [1.54, 1.807) is 0 Å². The molecule has 2 aromatic heterocycles. The summed E-state index contributed by atoms with van der Waals surface area (Å²) in [6.07, 6.45) is 2.49. The molecule has 0 unspecified atom stereocenters. The third-order valence-electron chi connectivity index (χ3n) is 2.59. The maximum absolute atomic E-state index is 12.0. The lowest BCUT2D eigenvalue weighted by molar-refractivity contribution is 0.102. The fraction of sp³-hybridized carbons (Fsp3) is 0.455. The van der Waals surface area contributed by atoms with Crippen LogP contribution in [0.25, 0.3) is 0 Å². The van der Waals surface area contributed by atoms with Gasteiger partial charge in [0.1, 0.15) is 5.01 Å². The molecule has 4 N–H and O–H groups in total. The van der Waals surface area contributed by atoms with Crippen molar-refractivity contribution in [1.82, 2.24) is 20.4 Å². The van der Waals surface area contributed by atoms with E-state index in [-0.39, 0.29) is 11.6 Å². The molecule has 2 aromatic rings. The number of hydrogen-bond donors (Lipinski definition) is 3. The molecule has 2 rings (SSSR count). The number of aromatic nitrogens is 4. The molecule has 0 saturated carbocycles. The Labute approximate surface area is 114 Å². The van der Waals surface area contributed by atoms with E-state index in [0.29, 0.717) is 10.8 Å². The summed E-state index contributed by atoms with van der Waals surface area (Å²) < 4.78 is 0. The Kier molecular flexibility index (Phi) is 4.10. The van der Waals surface area contributed by atoms with Gasteiger partial charge in [0.2, 0.25) is 5.13 Å². The Morgan fingerprint density at radius 1 is 1.42 bits per heavy atom. The fourth-order valence-corrected chi connectivity index (χ4v) is 2.28. The first-order valence-corrected chi connectivity index (χ1v) is 6.93. The molecule has 1 amide bonds. The summed E-state index contributed by atoms with van der Waals surface area (Å²) in [7, 11) is 0. The van der Waals surface area contributed by atoms with Crippen molar-refractivity contribution in [1.29, 1.82) is 0 Å². The molecule has 0 bridgehead atoms. The fourth-order valence-electron chi connectivity index (χ4n) is 1.60. The van der Waals surface area contributed by atoms with Crippen molar-refractivity contribution in [3.05, 3.63) is 16.4 Å². The van der Waals surface area contributed by atoms with E-state index in [0.717, 1.165) is 30.0 Å². The van der Waals surface area contributed by atoms with Crippen molar-refractivity contribution in [3.63, 3.8) is 0 Å². The van der Waals surface area contributed by atoms with Gasteiger partial charge in [0, 0.05) is 0 Å². The molecule has 0 spiro atoms. The van der Waals surface area contributed by atoms with Gasteiger partial charge in [-0.05, 0) is 12.8 Å². The van der Waals surface area contributed by atoms with Gasteiger partial charge >= 0.3 is 0 Å². The standard InChI is InChI=1S/C11H16N6OS/c1-3-5-6-8(12)9(16-14-6)10(18)13-11-17-15-7(4-2)19-11/h3-5,12H2,1-2H3,(H,14,16)(H,13,17,18). The first-order valence-electron chi connectivity index (χ1n) is 6.12. The zero-order valence-corrected chi connectivity index (χ0v) is 11.7. The van der Waals surface area contributed by atoms with Crippen molar-refractivity contribution in [3.8, 4) is 0 Å². The minimum absolute atomic E-state index is 0.205. The maximum atomic E-state index is 12.0. The minimum atomic E-state index is -0.366. The molecule has 2 heterocycles. The topological polar surface area (TPSA) is 110 Å². The predicted octanol–water partition coefficient (Wildman–Crippen LogP) is 1.61. The number of carbonyl (C=O) groups is 1. The van der Waals surface area contributed by atoms with Gasteiger partial charge in [-0.3, -0.25) is 15.2 Å². The second-order valence-corrected chi connectivity index (χ2v) is 5.09. The van der Waals surface area contributed by atoms with Crippen molar-refractivity contribution in [2.24, 2.45) is 0 Å². The van der Waals surface area contributed by atoms with Crippen LogP contribution < -0.4 is 11.1 Å². The molecular weight excluding hydrogens is 264 g/mol. The normalized spacial score (nSPS) is 10.6. The van der Waals surface area contributed by atoms with E-state index in [1.807, 2.05) is 13.8 Å². The average Bonchev–Trinajstić information content (AvgIpc) is 2.98. The van der Waals surface area contributed by atoms with Crippen LogP contribution in [0.3, 0.4) is 0 Å². The van der Waals surface area contributed by atoms with Gasteiger partial charge in [-0.1, -0.05) is 31.6 Å². The van der Waals surface area contributed by atoms with E-state index in [4.69, 9.17) is 5.73 Å². The van der Waals surface area contributed by atoms with Gasteiger partial charge < -0.3 is 5.73 Å². The van der Waals surface area contributed by atoms with Crippen molar-refractivity contribution in [2.45, 2.75) is 33.1 Å². The van der Waals surface area contributed by atoms with Crippen molar-refractivity contribution < 1.29 is 4.79 Å². The molecular formula is C11H16N6OS. The number of H-pyrrole nitrogens is 1. The molecule has 0 fully saturated rings. The number of amides is 1. The number of aromatic amines is 1. The molecule has 8 heteroatoms. The molecule has 19 heavy (non-hydrogen) atoms. The number of rotatable bonds is 5. The van der Waals surface area contributed by atoms with Gasteiger partial charge in [0.15, 0.2) is 5.69 Å². The van der Waals surface area contributed by atoms with Crippen LogP contribution in [0.5, 0.6) is 0 Å². The minimum Gasteiger partial charge on any atom is -0.395 e. The maximum Gasteiger partial charge on any atom is 0.280 e. The number of nitrogen functional groups attached to an aromatic ring is 1. The smallest absolute Gasteiger partial charge is 0.280 e. The van der Waals surface area contributed by atoms with Crippen LogP contribution in [0.4, 0.5) is 10.8 Å². The quantitative estimate of drug-likeness (QED) is 0.770. The number of hydrogen-bond acceptors (Lipinski definition) is 6. The molecule has 0 aromatic carbocycles. The predicted molar refractivity (Wildman–Crippen MR) is 74.2 cm³/mol. The van der Waals surface area contributed by atoms with E-state index in [9.17, 15) is 4.79 Å². The Morgan fingerprint density at radius 2 is 2.21 bits per heavy atom. The largest absolute Gasteiger partial charge is 0.395 e. The SMILES string of the molecule is CCCc1[nH]nc(C(=O)Nc2nnc(CC)s2)c1N. The van der Waals surface area contributed by atoms with E-state index < -0.39 is 0 Å². The zero-order chi connectivity index (χ0) is 13.8. The summed E-state index contributed by atoms with van der Waals surface area (Å²) in [4.78, 5) is 12.0. The molecule has 0 aliphatic heterocycles. The van der Waals surface area contributed by atoms with Gasteiger partial charge in [0.05, 0.1) is 11.4 Å². The molecule has 0 radical (unpaired) electrons. The van der Waals surface area contributed by atoms with Crippen LogP contribution in [-0.2, 0) is 12.8 Å². The highest BCUT2D eigenvalue weighted by Gasteiger charge is 2.18. The van der Waals surface area contributed by atoms with E-state index in [1.165, 1.54) is 11.3 Å². The Hall–Kier alpha value is -1.96. The summed E-state index contributed by atoms with van der Waals surface area (Å²) in [5.41, 5.74) is 7.29. The van der Waals surface area contributed by atoms with Crippen LogP contribution >= 0.6 is 11.3 Å². The summed E-state index contributed by atoms with van der Waals surface area (Å²) in [5, 5.41) is 18.5. The molecule has 0 aliphatic carbocycles. The second kappa shape index (κ2) is 5.79. The van der Waals surface area contributed by atoms with Crippen LogP contribution in [0, 0.1) is 0 Å². The first-order chi connectivity index (χ1) is 9.15. The average molecular weight is 280 g/mol. The highest BCUT2D eigenvalue weighted by molar-refractivity contribution is 7.15. The van der Waals surface area contributed by atoms with Crippen LogP contribution in [-0.4, -0.2) is 26.3 Å². The molecule has 0 saturated heterocycles. The summed E-state index contributed by atoms with van der Waals surface area (Å²) in [6, 6.07) is 0. The third-order valence-corrected chi connectivity index (χ3v) is 3.57. The van der Waals surface area contributed by atoms with Gasteiger partial charge in [-0.2, -0.15) is 5.10 Å². The number of nitrogens with zero attached hydrogens (tertiary/aromatic N) is 3. The first kappa shape index (κ1) is 13.5. The Bertz CT molecular complexity index is 576. The Balaban J connectivity index is 2.11. The lowest BCUT2D eigenvalue weighted by atomic mass is 10.2. The summed E-state index contributed by atoms with van der Waals surface area (Å²) >= 11 is 1.35. The molecule has 0 atom stereocenters. The van der Waals surface area contributed by atoms with Gasteiger partial charge in [-0.15, -0.1) is 10.2 Å². The van der Waals surface area contributed by atoms with Crippen LogP contribution in [0.2, 0.25) is 0 Å². The number of nitrogens with two attached hydrogens (primary N) is 1. The van der Waals surface area contributed by atoms with Gasteiger partial charge in [0.25, 0.3) is 5.91 Å². The number of aryl methyl sites for hydroxylation is 2. The summed E-state index contributed by atoms with van der Waals surface area (Å²) in [5.74, 6) is -0.366.